The maximum absolute atomic E-state index is 12.1. The third-order valence-electron chi connectivity index (χ3n) is 4.35. The lowest BCUT2D eigenvalue weighted by Gasteiger charge is -2.13. The Morgan fingerprint density at radius 2 is 2.11 bits per heavy atom. The van der Waals surface area contributed by atoms with Crippen LogP contribution in [0.25, 0.3) is 11.4 Å². The van der Waals surface area contributed by atoms with Crippen molar-refractivity contribution in [3.8, 4) is 11.4 Å². The molecule has 3 aromatic rings. The van der Waals surface area contributed by atoms with Gasteiger partial charge in [0, 0.05) is 31.5 Å². The zero-order valence-corrected chi connectivity index (χ0v) is 15.6. The van der Waals surface area contributed by atoms with Crippen molar-refractivity contribution in [3.05, 3.63) is 53.6 Å². The summed E-state index contributed by atoms with van der Waals surface area (Å²) in [7, 11) is 0. The van der Waals surface area contributed by atoms with E-state index < -0.39 is 0 Å². The zero-order valence-electron chi connectivity index (χ0n) is 14.8. The molecular formula is C18H22ClN7O. The van der Waals surface area contributed by atoms with Gasteiger partial charge in [0.25, 0.3) is 0 Å². The minimum Gasteiger partial charge on any atom is -0.349 e. The van der Waals surface area contributed by atoms with E-state index in [1.165, 1.54) is 5.69 Å². The first-order valence-electron chi connectivity index (χ1n) is 8.77. The maximum Gasteiger partial charge on any atom is 0.220 e. The van der Waals surface area contributed by atoms with Crippen LogP contribution in [0.3, 0.4) is 0 Å². The van der Waals surface area contributed by atoms with Crippen LogP contribution in [0.15, 0.2) is 36.4 Å². The number of H-pyrrole nitrogens is 1. The lowest BCUT2D eigenvalue weighted by atomic mass is 10.2. The molecule has 2 aromatic heterocycles. The normalized spacial score (nSPS) is 12.9. The first-order chi connectivity index (χ1) is 12.8. The fourth-order valence-corrected chi connectivity index (χ4v) is 2.98. The molecule has 1 aliphatic rings. The molecule has 0 atom stereocenters. The van der Waals surface area contributed by atoms with Crippen LogP contribution >= 0.6 is 12.4 Å². The van der Waals surface area contributed by atoms with E-state index in [1.54, 1.807) is 0 Å². The van der Waals surface area contributed by atoms with Gasteiger partial charge in [0.2, 0.25) is 5.91 Å². The Bertz CT molecular complexity index is 867. The molecule has 8 nitrogen and oxygen atoms in total. The lowest BCUT2D eigenvalue weighted by molar-refractivity contribution is -0.121. The first-order valence-corrected chi connectivity index (χ1v) is 8.77. The summed E-state index contributed by atoms with van der Waals surface area (Å²) in [6.07, 6.45) is 1.04. The third kappa shape index (κ3) is 4.72. The molecule has 1 amide bonds. The second-order valence-electron chi connectivity index (χ2n) is 6.28. The Hall–Kier alpha value is -2.71. The average Bonchev–Trinajstić information content (AvgIpc) is 3.32. The van der Waals surface area contributed by atoms with Gasteiger partial charge in [0.1, 0.15) is 5.82 Å². The summed E-state index contributed by atoms with van der Waals surface area (Å²) >= 11 is 0. The number of aromatic nitrogens is 5. The topological polar surface area (TPSA) is 101 Å². The molecule has 142 valence electrons. The first kappa shape index (κ1) is 19.1. The number of nitrogens with zero attached hydrogens (tertiary/aromatic N) is 4. The molecule has 1 aliphatic heterocycles. The number of hydrogen-bond donors (Lipinski definition) is 3. The number of rotatable bonds is 6. The fourth-order valence-electron chi connectivity index (χ4n) is 2.98. The van der Waals surface area contributed by atoms with Crippen LogP contribution in [-0.2, 0) is 30.8 Å². The van der Waals surface area contributed by atoms with Crippen LogP contribution in [-0.4, -0.2) is 37.4 Å². The van der Waals surface area contributed by atoms with Gasteiger partial charge in [-0.05, 0) is 6.07 Å². The second-order valence-corrected chi connectivity index (χ2v) is 6.28. The van der Waals surface area contributed by atoms with E-state index in [2.05, 4.69) is 37.0 Å². The van der Waals surface area contributed by atoms with Crippen LogP contribution in [0.2, 0.25) is 0 Å². The molecule has 1 aromatic carbocycles. The largest absolute Gasteiger partial charge is 0.349 e. The van der Waals surface area contributed by atoms with E-state index in [0.717, 1.165) is 30.9 Å². The summed E-state index contributed by atoms with van der Waals surface area (Å²) in [5, 5.41) is 17.8. The molecule has 3 N–H and O–H groups in total. The number of halogens is 1. The summed E-state index contributed by atoms with van der Waals surface area (Å²) in [5.41, 5.74) is 3.09. The second kappa shape index (κ2) is 8.79. The van der Waals surface area contributed by atoms with Gasteiger partial charge in [0.15, 0.2) is 5.82 Å². The number of amides is 1. The Balaban J connectivity index is 0.00000210. The van der Waals surface area contributed by atoms with Crippen LogP contribution in [0.1, 0.15) is 23.6 Å². The average molecular weight is 388 g/mol. The summed E-state index contributed by atoms with van der Waals surface area (Å²) < 4.78 is 2.02. The van der Waals surface area contributed by atoms with Gasteiger partial charge in [-0.25, -0.2) is 4.98 Å². The zero-order chi connectivity index (χ0) is 17.8. The van der Waals surface area contributed by atoms with Gasteiger partial charge in [-0.1, -0.05) is 30.3 Å². The van der Waals surface area contributed by atoms with Crippen molar-refractivity contribution in [2.75, 3.05) is 6.54 Å². The van der Waals surface area contributed by atoms with Crippen LogP contribution in [0, 0.1) is 0 Å². The molecule has 3 heterocycles. The van der Waals surface area contributed by atoms with Gasteiger partial charge in [0.05, 0.1) is 24.5 Å². The third-order valence-corrected chi connectivity index (χ3v) is 4.35. The van der Waals surface area contributed by atoms with Crippen molar-refractivity contribution >= 4 is 18.3 Å². The molecule has 0 saturated heterocycles. The standard InChI is InChI=1S/C18H21N7O.ClH/c26-17(7-6-14-10-15-11-19-8-9-25(15)24-14)20-12-16-21-18(23-22-16)13-4-2-1-3-5-13;/h1-5,10,19H,6-9,11-12H2,(H,20,26)(H,21,22,23);1H. The highest BCUT2D eigenvalue weighted by molar-refractivity contribution is 5.85. The molecule has 0 aliphatic carbocycles. The smallest absolute Gasteiger partial charge is 0.220 e. The molecule has 4 rings (SSSR count). The number of carbonyl (C=O) groups is 1. The summed E-state index contributed by atoms with van der Waals surface area (Å²) in [4.78, 5) is 16.5. The molecular weight excluding hydrogens is 366 g/mol. The monoisotopic (exact) mass is 387 g/mol. The van der Waals surface area contributed by atoms with Gasteiger partial charge < -0.3 is 10.6 Å². The van der Waals surface area contributed by atoms with Gasteiger partial charge in [-0.3, -0.25) is 14.6 Å². The Morgan fingerprint density at radius 3 is 2.93 bits per heavy atom. The van der Waals surface area contributed by atoms with Crippen molar-refractivity contribution in [3.63, 3.8) is 0 Å². The van der Waals surface area contributed by atoms with Gasteiger partial charge >= 0.3 is 0 Å². The number of carbonyl (C=O) groups excluding carboxylic acids is 1. The highest BCUT2D eigenvalue weighted by atomic mass is 35.5. The minimum absolute atomic E-state index is 0. The molecule has 0 fully saturated rings. The van der Waals surface area contributed by atoms with Crippen molar-refractivity contribution in [2.45, 2.75) is 32.5 Å². The number of hydrogen-bond acceptors (Lipinski definition) is 5. The molecule has 9 heteroatoms. The predicted octanol–water partition coefficient (Wildman–Crippen LogP) is 1.44. The van der Waals surface area contributed by atoms with E-state index >= 15 is 0 Å². The Kier molecular flexibility index (Phi) is 6.20. The molecule has 0 radical (unpaired) electrons. The fraction of sp³-hybridized carbons (Fsp3) is 0.333. The molecule has 0 saturated carbocycles. The van der Waals surface area contributed by atoms with Gasteiger partial charge in [-0.2, -0.15) is 10.2 Å². The number of fused-ring (bicyclic) bond motifs is 1. The molecule has 0 unspecified atom stereocenters. The minimum atomic E-state index is -0.0215. The summed E-state index contributed by atoms with van der Waals surface area (Å²) in [6.45, 7) is 3.00. The molecule has 0 bridgehead atoms. The summed E-state index contributed by atoms with van der Waals surface area (Å²) in [6, 6.07) is 11.8. The number of aromatic amines is 1. The quantitative estimate of drug-likeness (QED) is 0.594. The van der Waals surface area contributed by atoms with Crippen LogP contribution in [0.5, 0.6) is 0 Å². The van der Waals surface area contributed by atoms with Crippen molar-refractivity contribution < 1.29 is 4.79 Å². The predicted molar refractivity (Wildman–Crippen MR) is 103 cm³/mol. The van der Waals surface area contributed by atoms with Crippen molar-refractivity contribution in [1.29, 1.82) is 0 Å². The SMILES string of the molecule is Cl.O=C(CCc1cc2n(n1)CCNC2)NCc1nc(-c2ccccc2)n[nH]1. The maximum atomic E-state index is 12.1. The number of benzene rings is 1. The van der Waals surface area contributed by atoms with E-state index in [4.69, 9.17) is 0 Å². The van der Waals surface area contributed by atoms with E-state index in [1.807, 2.05) is 35.0 Å². The van der Waals surface area contributed by atoms with Crippen molar-refractivity contribution in [2.24, 2.45) is 0 Å². The van der Waals surface area contributed by atoms with Crippen LogP contribution in [0.4, 0.5) is 0 Å². The van der Waals surface area contributed by atoms with E-state index in [9.17, 15) is 4.79 Å². The van der Waals surface area contributed by atoms with Gasteiger partial charge in [-0.15, -0.1) is 12.4 Å². The lowest BCUT2D eigenvalue weighted by Crippen LogP contribution is -2.28. The van der Waals surface area contributed by atoms with E-state index in [0.29, 0.717) is 31.0 Å². The Labute approximate surface area is 163 Å². The molecule has 0 spiro atoms. The highest BCUT2D eigenvalue weighted by Crippen LogP contribution is 2.13. The van der Waals surface area contributed by atoms with E-state index in [-0.39, 0.29) is 18.3 Å². The van der Waals surface area contributed by atoms with Crippen LogP contribution < -0.4 is 10.6 Å². The molecule has 27 heavy (non-hydrogen) atoms. The number of aryl methyl sites for hydroxylation is 1. The number of nitrogens with one attached hydrogen (secondary N) is 3. The Morgan fingerprint density at radius 1 is 1.26 bits per heavy atom. The highest BCUT2D eigenvalue weighted by Gasteiger charge is 2.13. The summed E-state index contributed by atoms with van der Waals surface area (Å²) in [5.74, 6) is 1.25. The van der Waals surface area contributed by atoms with Crippen molar-refractivity contribution in [1.82, 2.24) is 35.6 Å².